The minimum absolute atomic E-state index is 0.188. The molecule has 0 fully saturated rings. The average molecular weight is 233 g/mol. The van der Waals surface area contributed by atoms with Gasteiger partial charge in [0.2, 0.25) is 5.88 Å². The van der Waals surface area contributed by atoms with Crippen LogP contribution in [0.2, 0.25) is 0 Å². The van der Waals surface area contributed by atoms with Gasteiger partial charge in [0.1, 0.15) is 0 Å². The lowest BCUT2D eigenvalue weighted by Gasteiger charge is -2.16. The van der Waals surface area contributed by atoms with Crippen molar-refractivity contribution in [3.63, 3.8) is 0 Å². The second-order valence-electron chi connectivity index (χ2n) is 3.65. The molecule has 0 saturated heterocycles. The van der Waals surface area contributed by atoms with E-state index in [2.05, 4.69) is 15.5 Å². The van der Waals surface area contributed by atoms with E-state index in [4.69, 9.17) is 10.6 Å². The molecule has 90 valence electrons. The van der Waals surface area contributed by atoms with Gasteiger partial charge in [-0.2, -0.15) is 5.10 Å². The van der Waals surface area contributed by atoms with Crippen LogP contribution in [-0.2, 0) is 7.05 Å². The minimum atomic E-state index is -0.188. The summed E-state index contributed by atoms with van der Waals surface area (Å²) >= 11 is 0. The van der Waals surface area contributed by atoms with E-state index in [9.17, 15) is 0 Å². The normalized spacial score (nSPS) is 12.4. The summed E-state index contributed by atoms with van der Waals surface area (Å²) in [6, 6.07) is 3.58. The Bertz CT molecular complexity index is 496. The number of rotatable bonds is 4. The largest absolute Gasteiger partial charge is 0.481 e. The van der Waals surface area contributed by atoms with Crippen LogP contribution in [0.5, 0.6) is 5.88 Å². The fourth-order valence-electron chi connectivity index (χ4n) is 1.75. The van der Waals surface area contributed by atoms with Gasteiger partial charge >= 0.3 is 0 Å². The number of nitrogens with zero attached hydrogens (tertiary/aromatic N) is 3. The number of nitrogens with two attached hydrogens (primary N) is 1. The van der Waals surface area contributed by atoms with Crippen LogP contribution in [-0.4, -0.2) is 21.9 Å². The SMILES string of the molecule is COc1ncccc1C(NN)c1cnn(C)c1. The van der Waals surface area contributed by atoms with Crippen LogP contribution < -0.4 is 16.0 Å². The molecule has 3 N–H and O–H groups in total. The topological polar surface area (TPSA) is 78.0 Å². The van der Waals surface area contributed by atoms with E-state index in [0.29, 0.717) is 5.88 Å². The summed E-state index contributed by atoms with van der Waals surface area (Å²) < 4.78 is 6.95. The Hall–Kier alpha value is -1.92. The molecule has 0 aliphatic rings. The molecule has 17 heavy (non-hydrogen) atoms. The molecule has 0 radical (unpaired) electrons. The zero-order valence-corrected chi connectivity index (χ0v) is 9.79. The number of hydrogen-bond donors (Lipinski definition) is 2. The van der Waals surface area contributed by atoms with Gasteiger partial charge < -0.3 is 4.74 Å². The molecule has 0 saturated carbocycles. The number of aryl methyl sites for hydroxylation is 1. The van der Waals surface area contributed by atoms with Crippen molar-refractivity contribution in [3.05, 3.63) is 41.9 Å². The summed E-state index contributed by atoms with van der Waals surface area (Å²) in [7, 11) is 3.44. The highest BCUT2D eigenvalue weighted by Crippen LogP contribution is 2.26. The molecule has 2 heterocycles. The van der Waals surface area contributed by atoms with Crippen molar-refractivity contribution in [1.29, 1.82) is 0 Å². The second kappa shape index (κ2) is 4.94. The lowest BCUT2D eigenvalue weighted by molar-refractivity contribution is 0.387. The van der Waals surface area contributed by atoms with Crippen LogP contribution in [0.1, 0.15) is 17.2 Å². The molecule has 6 nitrogen and oxygen atoms in total. The van der Waals surface area contributed by atoms with Crippen molar-refractivity contribution < 1.29 is 4.74 Å². The molecule has 0 amide bonds. The zero-order valence-electron chi connectivity index (χ0n) is 9.79. The lowest BCUT2D eigenvalue weighted by Crippen LogP contribution is -2.29. The monoisotopic (exact) mass is 233 g/mol. The quantitative estimate of drug-likeness (QED) is 0.589. The molecule has 2 aromatic rings. The highest BCUT2D eigenvalue weighted by molar-refractivity contribution is 5.35. The second-order valence-corrected chi connectivity index (χ2v) is 3.65. The van der Waals surface area contributed by atoms with Crippen molar-refractivity contribution in [2.45, 2.75) is 6.04 Å². The van der Waals surface area contributed by atoms with Crippen molar-refractivity contribution >= 4 is 0 Å². The van der Waals surface area contributed by atoms with Crippen LogP contribution in [0.15, 0.2) is 30.7 Å². The van der Waals surface area contributed by atoms with E-state index in [1.54, 1.807) is 24.2 Å². The summed E-state index contributed by atoms with van der Waals surface area (Å²) in [5.41, 5.74) is 4.59. The van der Waals surface area contributed by atoms with Crippen LogP contribution in [0, 0.1) is 0 Å². The fourth-order valence-corrected chi connectivity index (χ4v) is 1.75. The molecule has 2 aromatic heterocycles. The van der Waals surface area contributed by atoms with E-state index < -0.39 is 0 Å². The Labute approximate surface area is 99.4 Å². The molecule has 0 aliphatic carbocycles. The van der Waals surface area contributed by atoms with Gasteiger partial charge in [0.25, 0.3) is 0 Å². The van der Waals surface area contributed by atoms with Crippen LogP contribution >= 0.6 is 0 Å². The molecule has 1 unspecified atom stereocenters. The molecule has 0 bridgehead atoms. The van der Waals surface area contributed by atoms with Crippen molar-refractivity contribution in [3.8, 4) is 5.88 Å². The van der Waals surface area contributed by atoms with E-state index in [1.165, 1.54) is 0 Å². The molecular formula is C11H15N5O. The maximum Gasteiger partial charge on any atom is 0.218 e. The molecular weight excluding hydrogens is 218 g/mol. The Kier molecular flexibility index (Phi) is 3.36. The Morgan fingerprint density at radius 3 is 2.94 bits per heavy atom. The number of ether oxygens (including phenoxy) is 1. The van der Waals surface area contributed by atoms with Gasteiger partial charge in [0.15, 0.2) is 0 Å². The number of nitrogens with one attached hydrogen (secondary N) is 1. The first-order chi connectivity index (χ1) is 8.26. The first-order valence-electron chi connectivity index (χ1n) is 5.20. The molecule has 0 aliphatic heterocycles. The number of aromatic nitrogens is 3. The third-order valence-corrected chi connectivity index (χ3v) is 2.53. The highest BCUT2D eigenvalue weighted by Gasteiger charge is 2.18. The summed E-state index contributed by atoms with van der Waals surface area (Å²) in [6.45, 7) is 0. The standard InChI is InChI=1S/C11H15N5O/c1-16-7-8(6-14-16)10(15-12)9-4-3-5-13-11(9)17-2/h3-7,10,15H,12H2,1-2H3. The Morgan fingerprint density at radius 2 is 2.35 bits per heavy atom. The third kappa shape index (κ3) is 2.27. The van der Waals surface area contributed by atoms with Gasteiger partial charge in [-0.3, -0.25) is 10.5 Å². The first-order valence-corrected chi connectivity index (χ1v) is 5.20. The summed E-state index contributed by atoms with van der Waals surface area (Å²) in [6.07, 6.45) is 5.34. The van der Waals surface area contributed by atoms with Crippen molar-refractivity contribution in [2.75, 3.05) is 7.11 Å². The lowest BCUT2D eigenvalue weighted by atomic mass is 10.0. The summed E-state index contributed by atoms with van der Waals surface area (Å²) in [4.78, 5) is 4.15. The van der Waals surface area contributed by atoms with Crippen LogP contribution in [0.25, 0.3) is 0 Å². The van der Waals surface area contributed by atoms with Gasteiger partial charge in [-0.1, -0.05) is 6.07 Å². The number of methoxy groups -OCH3 is 1. The van der Waals surface area contributed by atoms with Gasteiger partial charge in [0, 0.05) is 30.6 Å². The van der Waals surface area contributed by atoms with E-state index in [0.717, 1.165) is 11.1 Å². The van der Waals surface area contributed by atoms with Crippen LogP contribution in [0.4, 0.5) is 0 Å². The smallest absolute Gasteiger partial charge is 0.218 e. The molecule has 0 spiro atoms. The van der Waals surface area contributed by atoms with E-state index in [1.807, 2.05) is 25.4 Å². The van der Waals surface area contributed by atoms with E-state index in [-0.39, 0.29) is 6.04 Å². The Morgan fingerprint density at radius 1 is 1.53 bits per heavy atom. The molecule has 6 heteroatoms. The van der Waals surface area contributed by atoms with Crippen LogP contribution in [0.3, 0.4) is 0 Å². The third-order valence-electron chi connectivity index (χ3n) is 2.53. The Balaban J connectivity index is 2.41. The number of hydrazine groups is 1. The number of hydrogen-bond acceptors (Lipinski definition) is 5. The van der Waals surface area contributed by atoms with E-state index >= 15 is 0 Å². The zero-order chi connectivity index (χ0) is 12.3. The number of pyridine rings is 1. The summed E-state index contributed by atoms with van der Waals surface area (Å²) in [5, 5.41) is 4.13. The molecule has 0 aromatic carbocycles. The van der Waals surface area contributed by atoms with Gasteiger partial charge in [-0.25, -0.2) is 10.4 Å². The summed E-state index contributed by atoms with van der Waals surface area (Å²) in [5.74, 6) is 6.15. The maximum absolute atomic E-state index is 5.60. The minimum Gasteiger partial charge on any atom is -0.481 e. The van der Waals surface area contributed by atoms with Gasteiger partial charge in [-0.05, 0) is 6.07 Å². The highest BCUT2D eigenvalue weighted by atomic mass is 16.5. The molecule has 1 atom stereocenters. The van der Waals surface area contributed by atoms with Gasteiger partial charge in [0.05, 0.1) is 19.3 Å². The molecule has 2 rings (SSSR count). The average Bonchev–Trinajstić information content (AvgIpc) is 2.77. The predicted octanol–water partition coefficient (Wildman–Crippen LogP) is 0.376. The van der Waals surface area contributed by atoms with Gasteiger partial charge in [-0.15, -0.1) is 0 Å². The predicted molar refractivity (Wildman–Crippen MR) is 63.2 cm³/mol. The first kappa shape index (κ1) is 11.6. The fraction of sp³-hybridized carbons (Fsp3) is 0.273. The maximum atomic E-state index is 5.60. The van der Waals surface area contributed by atoms with Crippen molar-refractivity contribution in [1.82, 2.24) is 20.2 Å². The van der Waals surface area contributed by atoms with Crippen molar-refractivity contribution in [2.24, 2.45) is 12.9 Å².